The first kappa shape index (κ1) is 21.1. The molecule has 122 valence electrons. The average Bonchev–Trinajstić information content (AvgIpc) is 2.50. The zero-order chi connectivity index (χ0) is 15.7. The summed E-state index contributed by atoms with van der Waals surface area (Å²) in [5.41, 5.74) is 1.77. The second-order valence-electron chi connectivity index (χ2n) is 5.32. The van der Waals surface area contributed by atoms with Gasteiger partial charge in [-0.2, -0.15) is 17.0 Å². The third-order valence-corrected chi connectivity index (χ3v) is 4.33. The van der Waals surface area contributed by atoms with E-state index in [2.05, 4.69) is 48.7 Å². The van der Waals surface area contributed by atoms with E-state index >= 15 is 0 Å². The van der Waals surface area contributed by atoms with Gasteiger partial charge in [0, 0.05) is 17.8 Å². The molecule has 0 heterocycles. The number of thioether (sulfide) groups is 1. The van der Waals surface area contributed by atoms with Gasteiger partial charge in [-0.15, -0.1) is 24.0 Å². The number of halogens is 1. The third kappa shape index (κ3) is 7.90. The quantitative estimate of drug-likeness (QED) is 0.411. The van der Waals surface area contributed by atoms with Crippen LogP contribution in [0.15, 0.2) is 29.3 Å². The monoisotopic (exact) mass is 432 g/mol. The first-order valence-electron chi connectivity index (χ1n) is 7.07. The van der Waals surface area contributed by atoms with Crippen molar-refractivity contribution >= 4 is 41.7 Å². The molecule has 0 aliphatic carbocycles. The smallest absolute Gasteiger partial charge is 0.191 e. The van der Waals surface area contributed by atoms with E-state index in [0.717, 1.165) is 24.6 Å². The Bertz CT molecular complexity index is 506. The maximum absolute atomic E-state index is 8.79. The molecule has 0 saturated heterocycles. The molecule has 1 rings (SSSR count). The summed E-state index contributed by atoms with van der Waals surface area (Å²) in [6, 6.07) is 9.65. The van der Waals surface area contributed by atoms with Gasteiger partial charge in [0.1, 0.15) is 0 Å². The normalized spacial score (nSPS) is 11.3. The van der Waals surface area contributed by atoms with E-state index in [4.69, 9.17) is 5.26 Å². The van der Waals surface area contributed by atoms with E-state index in [1.165, 1.54) is 0 Å². The summed E-state index contributed by atoms with van der Waals surface area (Å²) in [7, 11) is 0. The van der Waals surface area contributed by atoms with Crippen LogP contribution < -0.4 is 10.6 Å². The molecule has 0 amide bonds. The van der Waals surface area contributed by atoms with E-state index in [1.807, 2.05) is 36.0 Å². The van der Waals surface area contributed by atoms with Gasteiger partial charge in [0.05, 0.1) is 18.2 Å². The number of guanidine groups is 1. The minimum Gasteiger partial charge on any atom is -0.357 e. The van der Waals surface area contributed by atoms with E-state index in [9.17, 15) is 0 Å². The maximum atomic E-state index is 8.79. The first-order valence-corrected chi connectivity index (χ1v) is 8.29. The molecule has 0 aliphatic heterocycles. The molecule has 1 aromatic rings. The van der Waals surface area contributed by atoms with Crippen LogP contribution in [0.4, 0.5) is 0 Å². The van der Waals surface area contributed by atoms with Gasteiger partial charge in [0.25, 0.3) is 0 Å². The summed E-state index contributed by atoms with van der Waals surface area (Å²) in [6.45, 7) is 8.75. The highest BCUT2D eigenvalue weighted by Crippen LogP contribution is 2.19. The molecular weight excluding hydrogens is 407 g/mol. The van der Waals surface area contributed by atoms with Crippen LogP contribution in [0.2, 0.25) is 0 Å². The second-order valence-corrected chi connectivity index (χ2v) is 6.83. The van der Waals surface area contributed by atoms with Crippen molar-refractivity contribution in [2.75, 3.05) is 19.3 Å². The van der Waals surface area contributed by atoms with E-state index in [1.54, 1.807) is 0 Å². The Labute approximate surface area is 155 Å². The number of hydrogen-bond acceptors (Lipinski definition) is 3. The van der Waals surface area contributed by atoms with Gasteiger partial charge in [-0.1, -0.05) is 12.1 Å². The summed E-state index contributed by atoms with van der Waals surface area (Å²) in [4.78, 5) is 4.58. The van der Waals surface area contributed by atoms with Crippen molar-refractivity contribution in [3.63, 3.8) is 0 Å². The van der Waals surface area contributed by atoms with E-state index in [0.29, 0.717) is 12.1 Å². The predicted octanol–water partition coefficient (Wildman–Crippen LogP) is 3.37. The SMILES string of the molecule is CCNC(=NCc1ccc(C#N)cc1)NCC(C)(C)SC.I. The predicted molar refractivity (Wildman–Crippen MR) is 107 cm³/mol. The van der Waals surface area contributed by atoms with Crippen LogP contribution in [0, 0.1) is 11.3 Å². The van der Waals surface area contributed by atoms with Gasteiger partial charge in [-0.05, 0) is 44.7 Å². The number of benzene rings is 1. The molecule has 0 fully saturated rings. The van der Waals surface area contributed by atoms with Crippen molar-refractivity contribution in [3.8, 4) is 6.07 Å². The largest absolute Gasteiger partial charge is 0.357 e. The van der Waals surface area contributed by atoms with Crippen LogP contribution in [0.25, 0.3) is 0 Å². The van der Waals surface area contributed by atoms with Gasteiger partial charge >= 0.3 is 0 Å². The lowest BCUT2D eigenvalue weighted by Gasteiger charge is -2.23. The topological polar surface area (TPSA) is 60.2 Å². The Morgan fingerprint density at radius 1 is 1.27 bits per heavy atom. The molecule has 0 aromatic heterocycles. The molecule has 0 radical (unpaired) electrons. The Balaban J connectivity index is 0.00000441. The number of hydrogen-bond donors (Lipinski definition) is 2. The Morgan fingerprint density at radius 2 is 1.91 bits per heavy atom. The zero-order valence-electron chi connectivity index (χ0n) is 13.6. The Hall–Kier alpha value is -0.940. The molecule has 0 saturated carbocycles. The number of rotatable bonds is 6. The molecule has 0 aliphatic rings. The molecule has 0 unspecified atom stereocenters. The van der Waals surface area contributed by atoms with Crippen LogP contribution in [-0.2, 0) is 6.54 Å². The summed E-state index contributed by atoms with van der Waals surface area (Å²) in [5.74, 6) is 0.823. The van der Waals surface area contributed by atoms with Crippen LogP contribution in [0.3, 0.4) is 0 Å². The number of nitriles is 1. The number of aliphatic imine (C=N–C) groups is 1. The highest BCUT2D eigenvalue weighted by atomic mass is 127. The highest BCUT2D eigenvalue weighted by molar-refractivity contribution is 14.0. The van der Waals surface area contributed by atoms with Gasteiger partial charge in [0.2, 0.25) is 0 Å². The number of nitrogens with zero attached hydrogens (tertiary/aromatic N) is 2. The third-order valence-electron chi connectivity index (χ3n) is 3.08. The average molecular weight is 432 g/mol. The minimum absolute atomic E-state index is 0. The van der Waals surface area contributed by atoms with Crippen molar-refractivity contribution in [1.29, 1.82) is 5.26 Å². The highest BCUT2D eigenvalue weighted by Gasteiger charge is 2.15. The molecule has 6 heteroatoms. The van der Waals surface area contributed by atoms with E-state index < -0.39 is 0 Å². The molecule has 0 spiro atoms. The fraction of sp³-hybridized carbons (Fsp3) is 0.500. The molecule has 0 bridgehead atoms. The van der Waals surface area contributed by atoms with Gasteiger partial charge in [-0.3, -0.25) is 0 Å². The first-order chi connectivity index (χ1) is 10.0. The summed E-state index contributed by atoms with van der Waals surface area (Å²) >= 11 is 1.83. The van der Waals surface area contributed by atoms with Gasteiger partial charge in [0.15, 0.2) is 5.96 Å². The molecule has 1 aromatic carbocycles. The fourth-order valence-electron chi connectivity index (χ4n) is 1.57. The summed E-state index contributed by atoms with van der Waals surface area (Å²) in [6.07, 6.45) is 2.11. The maximum Gasteiger partial charge on any atom is 0.191 e. The van der Waals surface area contributed by atoms with E-state index in [-0.39, 0.29) is 28.7 Å². The van der Waals surface area contributed by atoms with Crippen molar-refractivity contribution in [2.24, 2.45) is 4.99 Å². The van der Waals surface area contributed by atoms with Crippen LogP contribution in [0.1, 0.15) is 31.9 Å². The van der Waals surface area contributed by atoms with Gasteiger partial charge in [-0.25, -0.2) is 4.99 Å². The number of nitrogens with one attached hydrogen (secondary N) is 2. The standard InChI is InChI=1S/C16H24N4S.HI/c1-5-18-15(20-12-16(2,3)21-4)19-11-14-8-6-13(10-17)7-9-14;/h6-9H,5,11-12H2,1-4H3,(H2,18,19,20);1H. The zero-order valence-corrected chi connectivity index (χ0v) is 16.8. The van der Waals surface area contributed by atoms with Crippen molar-refractivity contribution in [1.82, 2.24) is 10.6 Å². The van der Waals surface area contributed by atoms with Gasteiger partial charge < -0.3 is 10.6 Å². The Morgan fingerprint density at radius 3 is 2.41 bits per heavy atom. The van der Waals surface area contributed by atoms with Crippen LogP contribution in [0.5, 0.6) is 0 Å². The lowest BCUT2D eigenvalue weighted by atomic mass is 10.1. The molecule has 2 N–H and O–H groups in total. The molecule has 4 nitrogen and oxygen atoms in total. The fourth-order valence-corrected chi connectivity index (χ4v) is 1.78. The summed E-state index contributed by atoms with van der Waals surface area (Å²) in [5, 5.41) is 15.4. The minimum atomic E-state index is 0. The molecule has 0 atom stereocenters. The van der Waals surface area contributed by atoms with Crippen LogP contribution in [-0.4, -0.2) is 30.1 Å². The summed E-state index contributed by atoms with van der Waals surface area (Å²) < 4.78 is 0.171. The second kappa shape index (κ2) is 10.7. The lowest BCUT2D eigenvalue weighted by Crippen LogP contribution is -2.43. The van der Waals surface area contributed by atoms with Crippen molar-refractivity contribution in [3.05, 3.63) is 35.4 Å². The van der Waals surface area contributed by atoms with Crippen molar-refractivity contribution < 1.29 is 0 Å². The Kier molecular flexibility index (Phi) is 10.3. The van der Waals surface area contributed by atoms with Crippen LogP contribution >= 0.6 is 35.7 Å². The molecular formula is C16H25IN4S. The van der Waals surface area contributed by atoms with Crippen molar-refractivity contribution in [2.45, 2.75) is 32.1 Å². The molecule has 22 heavy (non-hydrogen) atoms. The lowest BCUT2D eigenvalue weighted by molar-refractivity contribution is 0.665.